The molecule has 2 rings (SSSR count). The van der Waals surface area contributed by atoms with Crippen LogP contribution < -0.4 is 10.9 Å². The molecular formula is C17H21NO4. The number of rotatable bonds is 6. The third-order valence-corrected chi connectivity index (χ3v) is 3.19. The summed E-state index contributed by atoms with van der Waals surface area (Å²) in [5.74, 6) is -0.415. The quantitative estimate of drug-likeness (QED) is 0.658. The third-order valence-electron chi connectivity index (χ3n) is 3.19. The maximum Gasteiger partial charge on any atom is 0.349 e. The second-order valence-electron chi connectivity index (χ2n) is 5.52. The van der Waals surface area contributed by atoms with Crippen LogP contribution in [0.4, 0.5) is 0 Å². The van der Waals surface area contributed by atoms with Crippen LogP contribution in [0, 0.1) is 6.92 Å². The zero-order chi connectivity index (χ0) is 16.1. The number of carbonyl (C=O) groups is 1. The van der Waals surface area contributed by atoms with E-state index in [1.807, 2.05) is 32.9 Å². The van der Waals surface area contributed by atoms with Crippen LogP contribution in [0.15, 0.2) is 33.5 Å². The van der Waals surface area contributed by atoms with Crippen molar-refractivity contribution < 1.29 is 13.9 Å². The average molecular weight is 303 g/mol. The van der Waals surface area contributed by atoms with Crippen LogP contribution >= 0.6 is 0 Å². The Kier molecular flexibility index (Phi) is 5.33. The maximum absolute atomic E-state index is 12.1. The van der Waals surface area contributed by atoms with Gasteiger partial charge in [-0.1, -0.05) is 11.6 Å². The molecule has 0 aliphatic carbocycles. The number of nitrogens with one attached hydrogen (secondary N) is 1. The van der Waals surface area contributed by atoms with E-state index in [0.717, 1.165) is 10.9 Å². The molecule has 0 saturated carbocycles. The van der Waals surface area contributed by atoms with Crippen molar-refractivity contribution in [2.24, 2.45) is 0 Å². The minimum absolute atomic E-state index is 0.0304. The Morgan fingerprint density at radius 3 is 2.82 bits per heavy atom. The van der Waals surface area contributed by atoms with Gasteiger partial charge in [-0.3, -0.25) is 4.79 Å². The van der Waals surface area contributed by atoms with Gasteiger partial charge in [-0.2, -0.15) is 0 Å². The number of hydrogen-bond donors (Lipinski definition) is 1. The summed E-state index contributed by atoms with van der Waals surface area (Å²) in [5.41, 5.74) is 0.936. The van der Waals surface area contributed by atoms with Gasteiger partial charge in [0.2, 0.25) is 0 Å². The van der Waals surface area contributed by atoms with Gasteiger partial charge in [-0.15, -0.1) is 0 Å². The van der Waals surface area contributed by atoms with Gasteiger partial charge in [-0.25, -0.2) is 4.79 Å². The largest absolute Gasteiger partial charge is 0.422 e. The van der Waals surface area contributed by atoms with Gasteiger partial charge >= 0.3 is 5.63 Å². The van der Waals surface area contributed by atoms with Crippen molar-refractivity contribution in [1.29, 1.82) is 0 Å². The summed E-state index contributed by atoms with van der Waals surface area (Å²) in [6.07, 6.45) is 0.869. The summed E-state index contributed by atoms with van der Waals surface area (Å²) >= 11 is 0. The van der Waals surface area contributed by atoms with E-state index in [2.05, 4.69) is 5.32 Å². The number of ether oxygens (including phenoxy) is 1. The molecule has 5 heteroatoms. The van der Waals surface area contributed by atoms with Crippen molar-refractivity contribution in [3.8, 4) is 0 Å². The first-order chi connectivity index (χ1) is 10.5. The van der Waals surface area contributed by atoms with Crippen molar-refractivity contribution in [3.63, 3.8) is 0 Å². The first-order valence-corrected chi connectivity index (χ1v) is 7.41. The summed E-state index contributed by atoms with van der Waals surface area (Å²) in [7, 11) is 0. The van der Waals surface area contributed by atoms with Crippen LogP contribution in [0.25, 0.3) is 11.0 Å². The first-order valence-electron chi connectivity index (χ1n) is 7.41. The van der Waals surface area contributed by atoms with Crippen molar-refractivity contribution in [2.75, 3.05) is 13.2 Å². The molecular weight excluding hydrogens is 282 g/mol. The topological polar surface area (TPSA) is 68.5 Å². The van der Waals surface area contributed by atoms with Crippen LogP contribution in [0.3, 0.4) is 0 Å². The number of amides is 1. The second kappa shape index (κ2) is 7.22. The lowest BCUT2D eigenvalue weighted by molar-refractivity contribution is 0.0757. The average Bonchev–Trinajstić information content (AvgIpc) is 2.46. The van der Waals surface area contributed by atoms with Gasteiger partial charge in [0.25, 0.3) is 5.91 Å². The minimum Gasteiger partial charge on any atom is -0.422 e. The highest BCUT2D eigenvalue weighted by Crippen LogP contribution is 2.15. The minimum atomic E-state index is -0.618. The monoisotopic (exact) mass is 303 g/mol. The fourth-order valence-electron chi connectivity index (χ4n) is 2.09. The Balaban J connectivity index is 2.04. The van der Waals surface area contributed by atoms with Gasteiger partial charge in [-0.05, 0) is 45.4 Å². The first kappa shape index (κ1) is 16.2. The molecule has 118 valence electrons. The van der Waals surface area contributed by atoms with Gasteiger partial charge < -0.3 is 14.5 Å². The van der Waals surface area contributed by atoms with Crippen LogP contribution in [-0.2, 0) is 4.74 Å². The molecule has 5 nitrogen and oxygen atoms in total. The van der Waals surface area contributed by atoms with Crippen molar-refractivity contribution in [2.45, 2.75) is 33.3 Å². The predicted octanol–water partition coefficient (Wildman–Crippen LogP) is 2.65. The van der Waals surface area contributed by atoms with E-state index >= 15 is 0 Å². The summed E-state index contributed by atoms with van der Waals surface area (Å²) in [6.45, 7) is 6.89. The number of benzene rings is 1. The van der Waals surface area contributed by atoms with E-state index < -0.39 is 11.5 Å². The molecule has 22 heavy (non-hydrogen) atoms. The molecule has 0 saturated heterocycles. The number of carbonyl (C=O) groups excluding carboxylic acids is 1. The molecule has 0 atom stereocenters. The van der Waals surface area contributed by atoms with Gasteiger partial charge in [0.1, 0.15) is 11.1 Å². The third kappa shape index (κ3) is 4.18. The van der Waals surface area contributed by atoms with Crippen molar-refractivity contribution in [1.82, 2.24) is 5.32 Å². The number of fused-ring (bicyclic) bond motifs is 1. The highest BCUT2D eigenvalue weighted by atomic mass is 16.5. The highest BCUT2D eigenvalue weighted by Gasteiger charge is 2.13. The Labute approximate surface area is 129 Å². The van der Waals surface area contributed by atoms with E-state index in [0.29, 0.717) is 25.2 Å². The maximum atomic E-state index is 12.1. The SMILES string of the molecule is Cc1ccc2oc(=O)c(C(=O)NCCCOC(C)C)cc2c1. The number of aryl methyl sites for hydroxylation is 1. The molecule has 0 radical (unpaired) electrons. The lowest BCUT2D eigenvalue weighted by Crippen LogP contribution is -2.29. The summed E-state index contributed by atoms with van der Waals surface area (Å²) < 4.78 is 10.6. The van der Waals surface area contributed by atoms with E-state index in [-0.39, 0.29) is 11.7 Å². The van der Waals surface area contributed by atoms with Gasteiger partial charge in [0.15, 0.2) is 0 Å². The summed E-state index contributed by atoms with van der Waals surface area (Å²) in [5, 5.41) is 3.46. The molecule has 1 aromatic carbocycles. The molecule has 0 aliphatic heterocycles. The Bertz CT molecular complexity index is 718. The Morgan fingerprint density at radius 2 is 2.09 bits per heavy atom. The Morgan fingerprint density at radius 1 is 1.32 bits per heavy atom. The number of hydrogen-bond acceptors (Lipinski definition) is 4. The van der Waals surface area contributed by atoms with Gasteiger partial charge in [0.05, 0.1) is 6.10 Å². The van der Waals surface area contributed by atoms with E-state index in [4.69, 9.17) is 9.15 Å². The Hall–Kier alpha value is -2.14. The second-order valence-corrected chi connectivity index (χ2v) is 5.52. The summed E-state index contributed by atoms with van der Waals surface area (Å²) in [6, 6.07) is 7.05. The zero-order valence-electron chi connectivity index (χ0n) is 13.1. The van der Waals surface area contributed by atoms with Crippen LogP contribution in [0.5, 0.6) is 0 Å². The molecule has 0 unspecified atom stereocenters. The van der Waals surface area contributed by atoms with Crippen LogP contribution in [0.2, 0.25) is 0 Å². The molecule has 1 amide bonds. The lowest BCUT2D eigenvalue weighted by Gasteiger charge is -2.08. The predicted molar refractivity (Wildman–Crippen MR) is 85.3 cm³/mol. The molecule has 0 spiro atoms. The molecule has 2 aromatic rings. The molecule has 1 aromatic heterocycles. The smallest absolute Gasteiger partial charge is 0.349 e. The zero-order valence-corrected chi connectivity index (χ0v) is 13.1. The van der Waals surface area contributed by atoms with E-state index in [9.17, 15) is 9.59 Å². The fourth-order valence-corrected chi connectivity index (χ4v) is 2.09. The highest BCUT2D eigenvalue weighted by molar-refractivity contribution is 5.96. The molecule has 0 fully saturated rings. The fraction of sp³-hybridized carbons (Fsp3) is 0.412. The molecule has 1 heterocycles. The molecule has 1 N–H and O–H groups in total. The molecule has 0 aliphatic rings. The van der Waals surface area contributed by atoms with Crippen molar-refractivity contribution >= 4 is 16.9 Å². The van der Waals surface area contributed by atoms with Crippen molar-refractivity contribution in [3.05, 3.63) is 45.8 Å². The molecule has 0 bridgehead atoms. The van der Waals surface area contributed by atoms with E-state index in [1.54, 1.807) is 12.1 Å². The van der Waals surface area contributed by atoms with E-state index in [1.165, 1.54) is 0 Å². The van der Waals surface area contributed by atoms with Crippen LogP contribution in [-0.4, -0.2) is 25.2 Å². The normalized spacial score (nSPS) is 11.1. The lowest BCUT2D eigenvalue weighted by atomic mass is 10.1. The summed E-state index contributed by atoms with van der Waals surface area (Å²) in [4.78, 5) is 24.0. The standard InChI is InChI=1S/C17H21NO4/c1-11(2)21-8-4-7-18-16(19)14-10-13-9-12(3)5-6-15(13)22-17(14)20/h5-6,9-11H,4,7-8H2,1-3H3,(H,18,19). The van der Waals surface area contributed by atoms with Crippen LogP contribution in [0.1, 0.15) is 36.2 Å². The van der Waals surface area contributed by atoms with Gasteiger partial charge in [0, 0.05) is 18.5 Å².